The average molecular weight is 280 g/mol. The minimum atomic E-state index is 0.601. The molecule has 3 rings (SSSR count). The Morgan fingerprint density at radius 3 is 2.76 bits per heavy atom. The second-order valence-electron chi connectivity index (χ2n) is 4.75. The summed E-state index contributed by atoms with van der Waals surface area (Å²) < 4.78 is 1.74. The summed E-state index contributed by atoms with van der Waals surface area (Å²) in [4.78, 5) is 4.09. The van der Waals surface area contributed by atoms with Crippen LogP contribution in [0, 0.1) is 6.92 Å². The molecule has 0 aliphatic rings. The van der Waals surface area contributed by atoms with E-state index in [4.69, 9.17) is 0 Å². The van der Waals surface area contributed by atoms with E-state index in [1.165, 1.54) is 11.1 Å². The number of hydrogen-bond donors (Lipinski definition) is 1. The Balaban J connectivity index is 1.67. The van der Waals surface area contributed by atoms with Gasteiger partial charge in [-0.1, -0.05) is 18.2 Å². The number of nitrogens with one attached hydrogen (secondary N) is 1. The summed E-state index contributed by atoms with van der Waals surface area (Å²) in [6.45, 7) is 3.41. The zero-order chi connectivity index (χ0) is 14.5. The van der Waals surface area contributed by atoms with E-state index in [1.54, 1.807) is 10.9 Å². The summed E-state index contributed by atoms with van der Waals surface area (Å²) >= 11 is 0. The third kappa shape index (κ3) is 3.11. The molecule has 0 fully saturated rings. The van der Waals surface area contributed by atoms with E-state index in [0.29, 0.717) is 6.54 Å². The molecule has 6 heteroatoms. The van der Waals surface area contributed by atoms with Crippen molar-refractivity contribution in [2.75, 3.05) is 0 Å². The summed E-state index contributed by atoms with van der Waals surface area (Å²) in [5.41, 5.74) is 3.36. The molecule has 6 nitrogen and oxygen atoms in total. The van der Waals surface area contributed by atoms with E-state index in [-0.39, 0.29) is 0 Å². The molecule has 0 aliphatic heterocycles. The first-order chi connectivity index (χ1) is 10.3. The topological polar surface area (TPSA) is 68.5 Å². The molecule has 0 amide bonds. The minimum absolute atomic E-state index is 0.601. The molecule has 0 radical (unpaired) electrons. The molecule has 21 heavy (non-hydrogen) atoms. The molecule has 2 heterocycles. The first-order valence-electron chi connectivity index (χ1n) is 6.77. The Morgan fingerprint density at radius 1 is 1.10 bits per heavy atom. The van der Waals surface area contributed by atoms with Gasteiger partial charge >= 0.3 is 0 Å². The Hall–Kier alpha value is -2.60. The van der Waals surface area contributed by atoms with Gasteiger partial charge in [0, 0.05) is 18.9 Å². The fourth-order valence-electron chi connectivity index (χ4n) is 2.10. The quantitative estimate of drug-likeness (QED) is 0.769. The van der Waals surface area contributed by atoms with Crippen LogP contribution in [0.4, 0.5) is 0 Å². The second kappa shape index (κ2) is 6.23. The maximum atomic E-state index is 4.09. The van der Waals surface area contributed by atoms with Crippen LogP contribution < -0.4 is 5.32 Å². The highest BCUT2D eigenvalue weighted by molar-refractivity contribution is 5.30. The number of benzene rings is 1. The molecule has 3 aromatic rings. The summed E-state index contributed by atoms with van der Waals surface area (Å²) in [7, 11) is 0. The van der Waals surface area contributed by atoms with Gasteiger partial charge in [0.2, 0.25) is 0 Å². The molecular weight excluding hydrogens is 264 g/mol. The lowest BCUT2D eigenvalue weighted by molar-refractivity contribution is 0.639. The fourth-order valence-corrected chi connectivity index (χ4v) is 2.10. The molecular formula is C15H16N6. The Labute approximate surface area is 122 Å². The number of aromatic nitrogens is 5. The standard InChI is InChI=1S/C15H16N6/c1-12-9-16-8-7-13(12)10-17-11-15-18-19-20-21(15)14-5-3-2-4-6-14/h2-9,17H,10-11H2,1H3. The van der Waals surface area contributed by atoms with E-state index in [1.807, 2.05) is 42.6 Å². The van der Waals surface area contributed by atoms with Crippen LogP contribution >= 0.6 is 0 Å². The largest absolute Gasteiger partial charge is 0.306 e. The molecule has 0 bridgehead atoms. The van der Waals surface area contributed by atoms with Crippen molar-refractivity contribution in [3.8, 4) is 5.69 Å². The first kappa shape index (κ1) is 13.4. The van der Waals surface area contributed by atoms with E-state index >= 15 is 0 Å². The van der Waals surface area contributed by atoms with E-state index in [9.17, 15) is 0 Å². The lowest BCUT2D eigenvalue weighted by Crippen LogP contribution is -2.17. The van der Waals surface area contributed by atoms with Crippen molar-refractivity contribution in [2.45, 2.75) is 20.0 Å². The molecule has 0 aliphatic carbocycles. The summed E-state index contributed by atoms with van der Waals surface area (Å²) in [5, 5.41) is 15.2. The predicted molar refractivity (Wildman–Crippen MR) is 78.7 cm³/mol. The number of rotatable bonds is 5. The number of pyridine rings is 1. The third-order valence-corrected chi connectivity index (χ3v) is 3.27. The zero-order valence-corrected chi connectivity index (χ0v) is 11.8. The maximum Gasteiger partial charge on any atom is 0.170 e. The van der Waals surface area contributed by atoms with Gasteiger partial charge in [-0.2, -0.15) is 4.68 Å². The average Bonchev–Trinajstić information content (AvgIpc) is 2.99. The minimum Gasteiger partial charge on any atom is -0.306 e. The number of para-hydroxylation sites is 1. The highest BCUT2D eigenvalue weighted by atomic mass is 15.5. The zero-order valence-electron chi connectivity index (χ0n) is 11.8. The van der Waals surface area contributed by atoms with Crippen LogP contribution in [0.2, 0.25) is 0 Å². The molecule has 1 aromatic carbocycles. The molecule has 106 valence electrons. The predicted octanol–water partition coefficient (Wildman–Crippen LogP) is 1.66. The summed E-state index contributed by atoms with van der Waals surface area (Å²) in [6, 6.07) is 11.9. The van der Waals surface area contributed by atoms with Gasteiger partial charge in [0.15, 0.2) is 5.82 Å². The van der Waals surface area contributed by atoms with Gasteiger partial charge in [0.05, 0.1) is 12.2 Å². The Kier molecular flexibility index (Phi) is 3.97. The van der Waals surface area contributed by atoms with Gasteiger partial charge in [0.25, 0.3) is 0 Å². The second-order valence-corrected chi connectivity index (χ2v) is 4.75. The van der Waals surface area contributed by atoms with Crippen LogP contribution in [-0.4, -0.2) is 25.2 Å². The smallest absolute Gasteiger partial charge is 0.170 e. The van der Waals surface area contributed by atoms with Crippen molar-refractivity contribution in [2.24, 2.45) is 0 Å². The molecule has 1 N–H and O–H groups in total. The van der Waals surface area contributed by atoms with Gasteiger partial charge in [-0.05, 0) is 46.7 Å². The van der Waals surface area contributed by atoms with Crippen molar-refractivity contribution in [1.82, 2.24) is 30.5 Å². The lowest BCUT2D eigenvalue weighted by Gasteiger charge is -2.07. The van der Waals surface area contributed by atoms with Crippen LogP contribution in [0.1, 0.15) is 17.0 Å². The highest BCUT2D eigenvalue weighted by Gasteiger charge is 2.07. The van der Waals surface area contributed by atoms with Crippen LogP contribution in [-0.2, 0) is 13.1 Å². The summed E-state index contributed by atoms with van der Waals surface area (Å²) in [6.07, 6.45) is 3.67. The maximum absolute atomic E-state index is 4.09. The van der Waals surface area contributed by atoms with Crippen LogP contribution in [0.15, 0.2) is 48.8 Å². The molecule has 0 unspecified atom stereocenters. The third-order valence-electron chi connectivity index (χ3n) is 3.27. The lowest BCUT2D eigenvalue weighted by atomic mass is 10.1. The molecule has 2 aromatic heterocycles. The number of tetrazole rings is 1. The van der Waals surface area contributed by atoms with Crippen molar-refractivity contribution in [1.29, 1.82) is 0 Å². The molecule has 0 saturated heterocycles. The highest BCUT2D eigenvalue weighted by Crippen LogP contribution is 2.08. The number of nitrogens with zero attached hydrogens (tertiary/aromatic N) is 5. The number of aryl methyl sites for hydroxylation is 1. The van der Waals surface area contributed by atoms with Gasteiger partial charge in [-0.15, -0.1) is 5.10 Å². The van der Waals surface area contributed by atoms with E-state index in [2.05, 4.69) is 32.7 Å². The molecule has 0 spiro atoms. The fraction of sp³-hybridized carbons (Fsp3) is 0.200. The normalized spacial score (nSPS) is 10.7. The SMILES string of the molecule is Cc1cnccc1CNCc1nnnn1-c1ccccc1. The Bertz CT molecular complexity index is 707. The van der Waals surface area contributed by atoms with Crippen LogP contribution in [0.3, 0.4) is 0 Å². The Morgan fingerprint density at radius 2 is 1.95 bits per heavy atom. The van der Waals surface area contributed by atoms with Crippen molar-refractivity contribution < 1.29 is 0 Å². The van der Waals surface area contributed by atoms with Crippen molar-refractivity contribution in [3.05, 3.63) is 65.7 Å². The van der Waals surface area contributed by atoms with Crippen LogP contribution in [0.5, 0.6) is 0 Å². The number of hydrogen-bond acceptors (Lipinski definition) is 5. The van der Waals surface area contributed by atoms with Crippen LogP contribution in [0.25, 0.3) is 5.69 Å². The van der Waals surface area contributed by atoms with Gasteiger partial charge < -0.3 is 5.32 Å². The monoisotopic (exact) mass is 280 g/mol. The van der Waals surface area contributed by atoms with Gasteiger partial charge in [-0.3, -0.25) is 4.98 Å². The van der Waals surface area contributed by atoms with Crippen molar-refractivity contribution >= 4 is 0 Å². The summed E-state index contributed by atoms with van der Waals surface area (Å²) in [5.74, 6) is 0.785. The first-order valence-corrected chi connectivity index (χ1v) is 6.77. The van der Waals surface area contributed by atoms with Crippen molar-refractivity contribution in [3.63, 3.8) is 0 Å². The van der Waals surface area contributed by atoms with E-state index < -0.39 is 0 Å². The van der Waals surface area contributed by atoms with Gasteiger partial charge in [-0.25, -0.2) is 0 Å². The van der Waals surface area contributed by atoms with Gasteiger partial charge in [0.1, 0.15) is 0 Å². The molecule has 0 saturated carbocycles. The van der Waals surface area contributed by atoms with E-state index in [0.717, 1.165) is 18.1 Å². The molecule has 0 atom stereocenters.